The molecule has 1 aromatic carbocycles. The summed E-state index contributed by atoms with van der Waals surface area (Å²) in [5, 5.41) is 1.13. The van der Waals surface area contributed by atoms with E-state index in [2.05, 4.69) is 34.1 Å². The summed E-state index contributed by atoms with van der Waals surface area (Å²) in [4.78, 5) is 14.1. The van der Waals surface area contributed by atoms with Crippen LogP contribution in [0, 0.1) is 0 Å². The van der Waals surface area contributed by atoms with Crippen LogP contribution in [0.4, 0.5) is 5.69 Å². The van der Waals surface area contributed by atoms with Crippen LogP contribution >= 0.6 is 15.9 Å². The van der Waals surface area contributed by atoms with Crippen LogP contribution < -0.4 is 4.90 Å². The number of benzene rings is 1. The average molecular weight is 352 g/mol. The maximum absolute atomic E-state index is 12.1. The number of carbonyl (C=O) groups is 1. The molecule has 0 unspecified atom stereocenters. The number of alkyl halides is 1. The number of para-hydroxylation sites is 1. The Hall–Kier alpha value is -0.830. The van der Waals surface area contributed by atoms with E-state index in [0.717, 1.165) is 30.4 Å². The number of nitrogens with zero attached hydrogens (tertiary/aromatic N) is 1. The van der Waals surface area contributed by atoms with Crippen LogP contribution in [0.5, 0.6) is 0 Å². The number of rotatable bonds is 9. The lowest BCUT2D eigenvalue weighted by molar-refractivity contribution is -0.118. The molecule has 0 aliphatic carbocycles. The van der Waals surface area contributed by atoms with E-state index in [1.54, 1.807) is 0 Å². The lowest BCUT2D eigenvalue weighted by Gasteiger charge is -2.29. The highest BCUT2D eigenvalue weighted by molar-refractivity contribution is 9.09. The molecule has 116 valence electrons. The third-order valence-corrected chi connectivity index (χ3v) is 4.77. The van der Waals surface area contributed by atoms with Crippen molar-refractivity contribution in [2.75, 3.05) is 16.8 Å². The van der Waals surface area contributed by atoms with Gasteiger partial charge in [-0.05, 0) is 30.9 Å². The largest absolute Gasteiger partial charge is 0.312 e. The zero-order chi connectivity index (χ0) is 14.9. The minimum absolute atomic E-state index is 0.297. The minimum atomic E-state index is 0.297. The van der Waals surface area contributed by atoms with Crippen molar-refractivity contribution in [1.29, 1.82) is 0 Å². The summed E-state index contributed by atoms with van der Waals surface area (Å²) in [6.45, 7) is 0.886. The number of hydrogen-bond donors (Lipinski definition) is 0. The Balaban J connectivity index is 1.70. The summed E-state index contributed by atoms with van der Waals surface area (Å²) < 4.78 is 0. The molecule has 0 saturated heterocycles. The lowest BCUT2D eigenvalue weighted by Crippen LogP contribution is -2.35. The van der Waals surface area contributed by atoms with Gasteiger partial charge in [0, 0.05) is 24.0 Å². The van der Waals surface area contributed by atoms with Crippen LogP contribution in [0.3, 0.4) is 0 Å². The molecule has 0 aromatic heterocycles. The molecule has 0 fully saturated rings. The number of hydrogen-bond acceptors (Lipinski definition) is 1. The summed E-state index contributed by atoms with van der Waals surface area (Å²) in [5.41, 5.74) is 2.47. The Morgan fingerprint density at radius 2 is 1.57 bits per heavy atom. The van der Waals surface area contributed by atoms with Gasteiger partial charge in [0.25, 0.3) is 0 Å². The van der Waals surface area contributed by atoms with E-state index in [1.165, 1.54) is 44.1 Å². The van der Waals surface area contributed by atoms with Crippen molar-refractivity contribution in [2.24, 2.45) is 0 Å². The van der Waals surface area contributed by atoms with E-state index in [-0.39, 0.29) is 0 Å². The maximum atomic E-state index is 12.1. The number of carbonyl (C=O) groups excluding carboxylic acids is 1. The van der Waals surface area contributed by atoms with Crippen LogP contribution in [-0.4, -0.2) is 17.8 Å². The molecular formula is C18H26BrNO. The van der Waals surface area contributed by atoms with Crippen molar-refractivity contribution in [2.45, 2.75) is 57.8 Å². The Labute approximate surface area is 137 Å². The normalized spacial score (nSPS) is 14.3. The fraction of sp³-hybridized carbons (Fsp3) is 0.611. The van der Waals surface area contributed by atoms with E-state index < -0.39 is 0 Å². The summed E-state index contributed by atoms with van der Waals surface area (Å²) in [7, 11) is 0. The molecule has 21 heavy (non-hydrogen) atoms. The van der Waals surface area contributed by atoms with Gasteiger partial charge < -0.3 is 4.90 Å². The smallest absolute Gasteiger partial charge is 0.227 e. The predicted molar refractivity (Wildman–Crippen MR) is 93.2 cm³/mol. The highest BCUT2D eigenvalue weighted by atomic mass is 79.9. The first kappa shape index (κ1) is 16.5. The van der Waals surface area contributed by atoms with Crippen molar-refractivity contribution in [3.63, 3.8) is 0 Å². The number of anilines is 1. The number of amides is 1. The SMILES string of the molecule is O=C1CCc2ccccc2N1CCCCCCCCCBr. The van der Waals surface area contributed by atoms with Gasteiger partial charge in [0.2, 0.25) is 5.91 Å². The zero-order valence-electron chi connectivity index (χ0n) is 12.8. The minimum Gasteiger partial charge on any atom is -0.312 e. The first-order valence-electron chi connectivity index (χ1n) is 8.27. The number of halogens is 1. The van der Waals surface area contributed by atoms with Crippen LogP contribution in [0.2, 0.25) is 0 Å². The molecule has 0 saturated carbocycles. The molecule has 0 N–H and O–H groups in total. The molecule has 0 radical (unpaired) electrons. The van der Waals surface area contributed by atoms with Gasteiger partial charge in [0.05, 0.1) is 0 Å². The Morgan fingerprint density at radius 1 is 0.905 bits per heavy atom. The van der Waals surface area contributed by atoms with E-state index in [4.69, 9.17) is 0 Å². The maximum Gasteiger partial charge on any atom is 0.227 e. The number of aryl methyl sites for hydroxylation is 1. The van der Waals surface area contributed by atoms with Crippen molar-refractivity contribution in [3.8, 4) is 0 Å². The third kappa shape index (κ3) is 5.14. The third-order valence-electron chi connectivity index (χ3n) is 4.21. The van der Waals surface area contributed by atoms with Crippen LogP contribution in [0.15, 0.2) is 24.3 Å². The fourth-order valence-electron chi connectivity index (χ4n) is 2.99. The molecule has 1 aliphatic heterocycles. The first-order chi connectivity index (χ1) is 10.3. The first-order valence-corrected chi connectivity index (χ1v) is 9.39. The Morgan fingerprint density at radius 3 is 2.33 bits per heavy atom. The van der Waals surface area contributed by atoms with Gasteiger partial charge in [-0.2, -0.15) is 0 Å². The lowest BCUT2D eigenvalue weighted by atomic mass is 10.0. The molecule has 1 heterocycles. The monoisotopic (exact) mass is 351 g/mol. The van der Waals surface area contributed by atoms with Gasteiger partial charge in [0.1, 0.15) is 0 Å². The van der Waals surface area contributed by atoms with E-state index in [0.29, 0.717) is 12.3 Å². The summed E-state index contributed by atoms with van der Waals surface area (Å²) in [5.74, 6) is 0.297. The predicted octanol–water partition coefficient (Wildman–Crippen LogP) is 5.09. The van der Waals surface area contributed by atoms with E-state index in [9.17, 15) is 4.79 Å². The second kappa shape index (κ2) is 9.24. The molecule has 1 aliphatic rings. The van der Waals surface area contributed by atoms with E-state index >= 15 is 0 Å². The molecule has 0 bridgehead atoms. The molecule has 3 heteroatoms. The van der Waals surface area contributed by atoms with Gasteiger partial charge >= 0.3 is 0 Å². The molecule has 2 nitrogen and oxygen atoms in total. The van der Waals surface area contributed by atoms with Crippen LogP contribution in [0.1, 0.15) is 56.9 Å². The zero-order valence-corrected chi connectivity index (χ0v) is 14.4. The number of unbranched alkanes of at least 4 members (excludes halogenated alkanes) is 6. The standard InChI is InChI=1S/C18H26BrNO/c19-14-8-4-2-1-3-5-9-15-20-17-11-7-6-10-16(17)12-13-18(20)21/h6-7,10-11H,1-5,8-9,12-15H2. The van der Waals surface area contributed by atoms with Gasteiger partial charge in [-0.25, -0.2) is 0 Å². The summed E-state index contributed by atoms with van der Waals surface area (Å²) in [6.07, 6.45) is 10.5. The van der Waals surface area contributed by atoms with Gasteiger partial charge in [-0.1, -0.05) is 66.2 Å². The molecule has 0 atom stereocenters. The molecule has 1 amide bonds. The average Bonchev–Trinajstić information content (AvgIpc) is 2.51. The second-order valence-corrected chi connectivity index (χ2v) is 6.63. The van der Waals surface area contributed by atoms with Crippen molar-refractivity contribution < 1.29 is 4.79 Å². The topological polar surface area (TPSA) is 20.3 Å². The molecular weight excluding hydrogens is 326 g/mol. The number of fused-ring (bicyclic) bond motifs is 1. The fourth-order valence-corrected chi connectivity index (χ4v) is 3.39. The summed E-state index contributed by atoms with van der Waals surface area (Å²) >= 11 is 3.47. The van der Waals surface area contributed by atoms with Gasteiger partial charge in [-0.15, -0.1) is 0 Å². The van der Waals surface area contributed by atoms with Crippen molar-refractivity contribution >= 4 is 27.5 Å². The molecule has 1 aromatic rings. The van der Waals surface area contributed by atoms with Gasteiger partial charge in [0.15, 0.2) is 0 Å². The second-order valence-electron chi connectivity index (χ2n) is 5.84. The quantitative estimate of drug-likeness (QED) is 0.448. The van der Waals surface area contributed by atoms with Gasteiger partial charge in [-0.3, -0.25) is 4.79 Å². The summed E-state index contributed by atoms with van der Waals surface area (Å²) in [6, 6.07) is 8.35. The van der Waals surface area contributed by atoms with Crippen molar-refractivity contribution in [1.82, 2.24) is 0 Å². The highest BCUT2D eigenvalue weighted by Crippen LogP contribution is 2.27. The molecule has 2 rings (SSSR count). The molecule has 0 spiro atoms. The van der Waals surface area contributed by atoms with Crippen molar-refractivity contribution in [3.05, 3.63) is 29.8 Å². The van der Waals surface area contributed by atoms with Crippen LogP contribution in [-0.2, 0) is 11.2 Å². The highest BCUT2D eigenvalue weighted by Gasteiger charge is 2.22. The Bertz CT molecular complexity index is 447. The van der Waals surface area contributed by atoms with E-state index in [1.807, 2.05) is 11.0 Å². The van der Waals surface area contributed by atoms with Crippen LogP contribution in [0.25, 0.3) is 0 Å². The Kier molecular flexibility index (Phi) is 7.28.